The summed E-state index contributed by atoms with van der Waals surface area (Å²) in [6, 6.07) is 1.77. The summed E-state index contributed by atoms with van der Waals surface area (Å²) < 4.78 is 1.56. The molecule has 7 nitrogen and oxygen atoms in total. The Balaban J connectivity index is 1.66. The molecule has 3 N–H and O–H groups in total. The van der Waals surface area contributed by atoms with Gasteiger partial charge < -0.3 is 15.6 Å². The number of amides is 1. The van der Waals surface area contributed by atoms with E-state index in [1.807, 2.05) is 18.0 Å². The minimum atomic E-state index is 0.0565. The van der Waals surface area contributed by atoms with Crippen LogP contribution in [0.1, 0.15) is 30.3 Å². The number of nitrogens with two attached hydrogens (primary N) is 1. The first-order valence-electron chi connectivity index (χ1n) is 7.20. The molecule has 0 radical (unpaired) electrons. The first-order chi connectivity index (χ1) is 10.1. The highest BCUT2D eigenvalue weighted by Gasteiger charge is 2.26. The van der Waals surface area contributed by atoms with E-state index < -0.39 is 0 Å². The highest BCUT2D eigenvalue weighted by molar-refractivity contribution is 5.76. The van der Waals surface area contributed by atoms with Crippen LogP contribution < -0.4 is 5.73 Å². The summed E-state index contributed by atoms with van der Waals surface area (Å²) in [4.78, 5) is 21.8. The summed E-state index contributed by atoms with van der Waals surface area (Å²) in [6.07, 6.45) is 5.62. The summed E-state index contributed by atoms with van der Waals surface area (Å²) in [6.45, 7) is 3.55. The summed E-state index contributed by atoms with van der Waals surface area (Å²) in [5, 5.41) is 4.24. The Morgan fingerprint density at radius 1 is 1.57 bits per heavy atom. The van der Waals surface area contributed by atoms with Gasteiger partial charge in [-0.05, 0) is 19.8 Å². The predicted octanol–water partition coefficient (Wildman–Crippen LogP) is 0.903. The van der Waals surface area contributed by atoms with E-state index in [1.165, 1.54) is 0 Å². The van der Waals surface area contributed by atoms with Crippen LogP contribution in [0.25, 0.3) is 0 Å². The lowest BCUT2D eigenvalue weighted by Gasteiger charge is -2.32. The molecule has 7 heteroatoms. The lowest BCUT2D eigenvalue weighted by Crippen LogP contribution is -2.41. The van der Waals surface area contributed by atoms with Crippen molar-refractivity contribution in [2.75, 3.05) is 18.8 Å². The molecule has 3 rings (SSSR count). The zero-order valence-electron chi connectivity index (χ0n) is 12.1. The smallest absolute Gasteiger partial charge is 0.244 e. The van der Waals surface area contributed by atoms with Gasteiger partial charge in [-0.3, -0.25) is 4.79 Å². The fourth-order valence-electron chi connectivity index (χ4n) is 2.85. The third kappa shape index (κ3) is 2.91. The van der Waals surface area contributed by atoms with Crippen molar-refractivity contribution in [1.82, 2.24) is 24.6 Å². The standard InChI is InChI=1S/C14H20N6O/c1-10-7-12(15)20(18-10)9-13(21)19-6-2-3-11(8-19)14-16-4-5-17-14/h4-5,7,11H,2-3,6,8-9,15H2,1H3,(H,16,17)/t11-/m0/s1. The van der Waals surface area contributed by atoms with Crippen LogP contribution >= 0.6 is 0 Å². The van der Waals surface area contributed by atoms with E-state index in [0.29, 0.717) is 12.4 Å². The second kappa shape index (κ2) is 5.59. The predicted molar refractivity (Wildman–Crippen MR) is 78.5 cm³/mol. The van der Waals surface area contributed by atoms with Crippen molar-refractivity contribution in [1.29, 1.82) is 0 Å². The topological polar surface area (TPSA) is 92.8 Å². The maximum atomic E-state index is 12.4. The number of nitrogens with zero attached hydrogens (tertiary/aromatic N) is 4. The van der Waals surface area contributed by atoms with Crippen LogP contribution in [0, 0.1) is 6.92 Å². The molecule has 112 valence electrons. The zero-order chi connectivity index (χ0) is 14.8. The van der Waals surface area contributed by atoms with Crippen LogP contribution in [0.5, 0.6) is 0 Å². The fraction of sp³-hybridized carbons (Fsp3) is 0.500. The number of carbonyl (C=O) groups excluding carboxylic acids is 1. The van der Waals surface area contributed by atoms with Crippen LogP contribution in [0.3, 0.4) is 0 Å². The van der Waals surface area contributed by atoms with Crippen molar-refractivity contribution in [3.63, 3.8) is 0 Å². The van der Waals surface area contributed by atoms with Gasteiger partial charge in [0.1, 0.15) is 18.2 Å². The number of carbonyl (C=O) groups is 1. The first-order valence-corrected chi connectivity index (χ1v) is 7.20. The van der Waals surface area contributed by atoms with Gasteiger partial charge in [0, 0.05) is 37.5 Å². The Morgan fingerprint density at radius 3 is 3.10 bits per heavy atom. The lowest BCUT2D eigenvalue weighted by atomic mass is 9.97. The first kappa shape index (κ1) is 13.7. The molecule has 0 aromatic carbocycles. The maximum absolute atomic E-state index is 12.4. The average Bonchev–Trinajstić information content (AvgIpc) is 3.09. The lowest BCUT2D eigenvalue weighted by molar-refractivity contribution is -0.133. The molecular weight excluding hydrogens is 268 g/mol. The molecule has 2 aromatic heterocycles. The summed E-state index contributed by atoms with van der Waals surface area (Å²) in [7, 11) is 0. The molecule has 1 atom stereocenters. The minimum absolute atomic E-state index is 0.0565. The third-order valence-corrected chi connectivity index (χ3v) is 3.90. The number of aromatic nitrogens is 4. The van der Waals surface area contributed by atoms with Crippen molar-refractivity contribution < 1.29 is 4.79 Å². The molecular formula is C14H20N6O. The van der Waals surface area contributed by atoms with Gasteiger partial charge in [0.05, 0.1) is 5.69 Å². The molecule has 1 aliphatic heterocycles. The van der Waals surface area contributed by atoms with Crippen molar-refractivity contribution in [3.8, 4) is 0 Å². The number of nitrogen functional groups attached to an aromatic ring is 1. The van der Waals surface area contributed by atoms with Crippen LogP contribution in [-0.2, 0) is 11.3 Å². The van der Waals surface area contributed by atoms with E-state index >= 15 is 0 Å². The molecule has 0 bridgehead atoms. The van der Waals surface area contributed by atoms with E-state index in [-0.39, 0.29) is 18.4 Å². The zero-order valence-corrected chi connectivity index (χ0v) is 12.1. The Kier molecular flexibility index (Phi) is 3.64. The number of aryl methyl sites for hydroxylation is 1. The van der Waals surface area contributed by atoms with Crippen molar-refractivity contribution in [2.45, 2.75) is 32.2 Å². The number of H-pyrrole nitrogens is 1. The number of hydrogen-bond donors (Lipinski definition) is 2. The molecule has 21 heavy (non-hydrogen) atoms. The quantitative estimate of drug-likeness (QED) is 0.877. The molecule has 1 aliphatic rings. The Morgan fingerprint density at radius 2 is 2.43 bits per heavy atom. The Hall–Kier alpha value is -2.31. The van der Waals surface area contributed by atoms with E-state index in [1.54, 1.807) is 16.9 Å². The maximum Gasteiger partial charge on any atom is 0.244 e. The Bertz CT molecular complexity index is 617. The molecule has 3 heterocycles. The number of hydrogen-bond acceptors (Lipinski definition) is 4. The fourth-order valence-corrected chi connectivity index (χ4v) is 2.85. The largest absolute Gasteiger partial charge is 0.384 e. The highest BCUT2D eigenvalue weighted by Crippen LogP contribution is 2.24. The van der Waals surface area contributed by atoms with Crippen LogP contribution in [0.4, 0.5) is 5.82 Å². The van der Waals surface area contributed by atoms with Gasteiger partial charge in [-0.25, -0.2) is 9.67 Å². The normalized spacial score (nSPS) is 18.9. The average molecular weight is 288 g/mol. The second-order valence-electron chi connectivity index (χ2n) is 5.52. The van der Waals surface area contributed by atoms with Crippen LogP contribution in [0.2, 0.25) is 0 Å². The van der Waals surface area contributed by atoms with E-state index in [0.717, 1.165) is 30.9 Å². The van der Waals surface area contributed by atoms with E-state index in [2.05, 4.69) is 15.1 Å². The number of nitrogens with one attached hydrogen (secondary N) is 1. The number of rotatable bonds is 3. The number of anilines is 1. The number of aromatic amines is 1. The number of likely N-dealkylation sites (tertiary alicyclic amines) is 1. The minimum Gasteiger partial charge on any atom is -0.384 e. The summed E-state index contributed by atoms with van der Waals surface area (Å²) >= 11 is 0. The van der Waals surface area contributed by atoms with E-state index in [4.69, 9.17) is 5.73 Å². The van der Waals surface area contributed by atoms with Gasteiger partial charge in [0.2, 0.25) is 5.91 Å². The summed E-state index contributed by atoms with van der Waals surface area (Å²) in [5.41, 5.74) is 6.66. The molecule has 0 spiro atoms. The summed E-state index contributed by atoms with van der Waals surface area (Å²) in [5.74, 6) is 1.83. The van der Waals surface area contributed by atoms with Gasteiger partial charge in [-0.1, -0.05) is 0 Å². The van der Waals surface area contributed by atoms with Gasteiger partial charge in [-0.2, -0.15) is 5.10 Å². The van der Waals surface area contributed by atoms with Crippen LogP contribution in [-0.4, -0.2) is 43.6 Å². The molecule has 1 saturated heterocycles. The number of piperidine rings is 1. The van der Waals surface area contributed by atoms with Gasteiger partial charge in [0.25, 0.3) is 0 Å². The van der Waals surface area contributed by atoms with E-state index in [9.17, 15) is 4.79 Å². The van der Waals surface area contributed by atoms with Gasteiger partial charge in [0.15, 0.2) is 0 Å². The SMILES string of the molecule is Cc1cc(N)n(CC(=O)N2CCC[C@H](c3ncc[nH]3)C2)n1. The van der Waals surface area contributed by atoms with Gasteiger partial charge in [-0.15, -0.1) is 0 Å². The molecule has 1 fully saturated rings. The molecule has 0 aliphatic carbocycles. The van der Waals surface area contributed by atoms with Gasteiger partial charge >= 0.3 is 0 Å². The monoisotopic (exact) mass is 288 g/mol. The molecule has 2 aromatic rings. The third-order valence-electron chi connectivity index (χ3n) is 3.90. The van der Waals surface area contributed by atoms with Crippen LogP contribution in [0.15, 0.2) is 18.5 Å². The molecule has 0 unspecified atom stereocenters. The van der Waals surface area contributed by atoms with Crippen molar-refractivity contribution >= 4 is 11.7 Å². The second-order valence-corrected chi connectivity index (χ2v) is 5.52. The van der Waals surface area contributed by atoms with Crippen molar-refractivity contribution in [2.24, 2.45) is 0 Å². The molecule has 1 amide bonds. The van der Waals surface area contributed by atoms with Crippen molar-refractivity contribution in [3.05, 3.63) is 30.0 Å². The number of imidazole rings is 1. The molecule has 0 saturated carbocycles. The Labute approximate surface area is 123 Å². The highest BCUT2D eigenvalue weighted by atomic mass is 16.2.